The van der Waals surface area contributed by atoms with Crippen molar-refractivity contribution in [3.8, 4) is 5.75 Å². The topological polar surface area (TPSA) is 50.8 Å². The minimum atomic E-state index is -1.13. The van der Waals surface area contributed by atoms with Crippen molar-refractivity contribution >= 4 is 29.0 Å². The summed E-state index contributed by atoms with van der Waals surface area (Å²) in [7, 11) is 2.72. The fourth-order valence-electron chi connectivity index (χ4n) is 3.22. The zero-order chi connectivity index (χ0) is 20.4. The average molecular weight is 404 g/mol. The van der Waals surface area contributed by atoms with Crippen molar-refractivity contribution in [1.29, 1.82) is 0 Å². The summed E-state index contributed by atoms with van der Waals surface area (Å²) in [5, 5.41) is 3.04. The van der Waals surface area contributed by atoms with E-state index < -0.39 is 23.6 Å². The average Bonchev–Trinajstić information content (AvgIpc) is 2.67. The number of hydrogen-bond acceptors (Lipinski definition) is 4. The molecule has 2 aromatic rings. The molecule has 0 saturated carbocycles. The molecule has 1 aliphatic rings. The van der Waals surface area contributed by atoms with Gasteiger partial charge in [-0.15, -0.1) is 0 Å². The molecular formula is C20H18F2N2O3S. The zero-order valence-electron chi connectivity index (χ0n) is 15.5. The highest BCUT2D eigenvalue weighted by Gasteiger charge is 2.38. The standard InChI is InChI=1S/C20H18F2N2O3S/c1-11-16(19(25)27-3)18(17-12(21)7-6-8-13(17)22)23-20(28)24(11)14-9-4-5-10-15(14)26-2/h4-10,18H,1-3H3,(H,23,28)/t18-/m1/s1. The molecular weight excluding hydrogens is 386 g/mol. The van der Waals surface area contributed by atoms with Gasteiger partial charge in [-0.25, -0.2) is 13.6 Å². The number of para-hydroxylation sites is 2. The number of anilines is 1. The third kappa shape index (κ3) is 3.31. The second kappa shape index (κ2) is 7.93. The van der Waals surface area contributed by atoms with Crippen LogP contribution in [0.1, 0.15) is 18.5 Å². The molecule has 8 heteroatoms. The fourth-order valence-corrected chi connectivity index (χ4v) is 3.58. The zero-order valence-corrected chi connectivity index (χ0v) is 16.3. The first-order chi connectivity index (χ1) is 13.4. The Hall–Kier alpha value is -3.00. The minimum absolute atomic E-state index is 0.0472. The van der Waals surface area contributed by atoms with E-state index in [9.17, 15) is 13.6 Å². The molecule has 146 valence electrons. The van der Waals surface area contributed by atoms with E-state index >= 15 is 0 Å². The highest BCUT2D eigenvalue weighted by Crippen LogP contribution is 2.38. The number of thiocarbonyl (C=S) groups is 1. The quantitative estimate of drug-likeness (QED) is 0.617. The smallest absolute Gasteiger partial charge is 0.337 e. The number of ether oxygens (including phenoxy) is 2. The molecule has 5 nitrogen and oxygen atoms in total. The maximum atomic E-state index is 14.4. The van der Waals surface area contributed by atoms with Crippen molar-refractivity contribution in [3.63, 3.8) is 0 Å². The van der Waals surface area contributed by atoms with Crippen molar-refractivity contribution in [2.24, 2.45) is 0 Å². The number of hydrogen-bond donors (Lipinski definition) is 1. The first kappa shape index (κ1) is 19.8. The van der Waals surface area contributed by atoms with E-state index in [1.807, 2.05) is 0 Å². The first-order valence-electron chi connectivity index (χ1n) is 8.37. The number of nitrogens with zero attached hydrogens (tertiary/aromatic N) is 1. The van der Waals surface area contributed by atoms with Gasteiger partial charge >= 0.3 is 5.97 Å². The third-order valence-electron chi connectivity index (χ3n) is 4.50. The molecule has 0 bridgehead atoms. The fraction of sp³-hybridized carbons (Fsp3) is 0.200. The summed E-state index contributed by atoms with van der Waals surface area (Å²) in [4.78, 5) is 14.1. The molecule has 1 aliphatic heterocycles. The Kier molecular flexibility index (Phi) is 5.60. The van der Waals surface area contributed by atoms with Crippen LogP contribution in [0.2, 0.25) is 0 Å². The van der Waals surface area contributed by atoms with Crippen molar-refractivity contribution < 1.29 is 23.0 Å². The molecule has 1 atom stereocenters. The summed E-state index contributed by atoms with van der Waals surface area (Å²) in [6.45, 7) is 1.64. The normalized spacial score (nSPS) is 16.7. The van der Waals surface area contributed by atoms with E-state index in [4.69, 9.17) is 21.7 Å². The van der Waals surface area contributed by atoms with Gasteiger partial charge < -0.3 is 14.8 Å². The van der Waals surface area contributed by atoms with E-state index in [2.05, 4.69) is 5.32 Å². The van der Waals surface area contributed by atoms with Crippen molar-refractivity contribution in [2.75, 3.05) is 19.1 Å². The van der Waals surface area contributed by atoms with Gasteiger partial charge in [0.2, 0.25) is 0 Å². The lowest BCUT2D eigenvalue weighted by atomic mass is 9.94. The Balaban J connectivity index is 2.23. The van der Waals surface area contributed by atoms with Crippen LogP contribution >= 0.6 is 12.2 Å². The summed E-state index contributed by atoms with van der Waals surface area (Å²) in [5.41, 5.74) is 0.705. The lowest BCUT2D eigenvalue weighted by Gasteiger charge is -2.37. The third-order valence-corrected chi connectivity index (χ3v) is 4.80. The molecule has 2 aromatic carbocycles. The predicted molar refractivity (Wildman–Crippen MR) is 105 cm³/mol. The number of benzene rings is 2. The van der Waals surface area contributed by atoms with Crippen LogP contribution in [0.5, 0.6) is 5.75 Å². The SMILES string of the molecule is COC(=O)C1=C(C)N(c2ccccc2OC)C(=S)N[C@H]1c1c(F)cccc1F. The highest BCUT2D eigenvalue weighted by atomic mass is 32.1. The van der Waals surface area contributed by atoms with Gasteiger partial charge in [0, 0.05) is 5.70 Å². The Labute approximate surface area is 166 Å². The number of rotatable bonds is 4. The maximum Gasteiger partial charge on any atom is 0.337 e. The number of carbonyl (C=O) groups is 1. The number of methoxy groups -OCH3 is 2. The van der Waals surface area contributed by atoms with Crippen LogP contribution in [0, 0.1) is 11.6 Å². The second-order valence-corrected chi connectivity index (χ2v) is 6.40. The largest absolute Gasteiger partial charge is 0.495 e. The van der Waals surface area contributed by atoms with E-state index in [1.54, 1.807) is 36.1 Å². The van der Waals surface area contributed by atoms with Gasteiger partial charge in [0.1, 0.15) is 17.4 Å². The number of carbonyl (C=O) groups excluding carboxylic acids is 1. The molecule has 1 N–H and O–H groups in total. The Morgan fingerprint density at radius 1 is 1.11 bits per heavy atom. The van der Waals surface area contributed by atoms with Crippen LogP contribution in [-0.2, 0) is 9.53 Å². The lowest BCUT2D eigenvalue weighted by Crippen LogP contribution is -2.48. The minimum Gasteiger partial charge on any atom is -0.495 e. The van der Waals surface area contributed by atoms with Crippen LogP contribution in [0.4, 0.5) is 14.5 Å². The molecule has 0 unspecified atom stereocenters. The molecule has 0 aromatic heterocycles. The number of halogens is 2. The summed E-state index contributed by atoms with van der Waals surface area (Å²) < 4.78 is 39.1. The second-order valence-electron chi connectivity index (χ2n) is 6.02. The van der Waals surface area contributed by atoms with Crippen molar-refractivity contribution in [1.82, 2.24) is 5.32 Å². The van der Waals surface area contributed by atoms with E-state index in [-0.39, 0.29) is 16.2 Å². The summed E-state index contributed by atoms with van der Waals surface area (Å²) >= 11 is 5.46. The number of nitrogens with one attached hydrogen (secondary N) is 1. The Bertz CT molecular complexity index is 957. The number of allylic oxidation sites excluding steroid dienone is 1. The highest BCUT2D eigenvalue weighted by molar-refractivity contribution is 7.80. The molecule has 0 aliphatic carbocycles. The van der Waals surface area contributed by atoms with Crippen LogP contribution < -0.4 is 15.0 Å². The Morgan fingerprint density at radius 2 is 1.75 bits per heavy atom. The molecule has 0 fully saturated rings. The van der Waals surface area contributed by atoms with Gasteiger partial charge in [-0.3, -0.25) is 4.90 Å². The van der Waals surface area contributed by atoms with Gasteiger partial charge in [0.25, 0.3) is 0 Å². The summed E-state index contributed by atoms with van der Waals surface area (Å²) in [5.74, 6) is -1.79. The van der Waals surface area contributed by atoms with Gasteiger partial charge in [0.05, 0.1) is 37.1 Å². The van der Waals surface area contributed by atoms with Gasteiger partial charge in [-0.2, -0.15) is 0 Å². The van der Waals surface area contributed by atoms with Crippen LogP contribution in [-0.4, -0.2) is 25.3 Å². The van der Waals surface area contributed by atoms with Gasteiger partial charge in [-0.1, -0.05) is 18.2 Å². The van der Waals surface area contributed by atoms with Crippen LogP contribution in [0.15, 0.2) is 53.7 Å². The first-order valence-corrected chi connectivity index (χ1v) is 8.78. The monoisotopic (exact) mass is 404 g/mol. The predicted octanol–water partition coefficient (Wildman–Crippen LogP) is 3.86. The number of esters is 1. The summed E-state index contributed by atoms with van der Waals surface area (Å²) in [6, 6.07) is 9.45. The molecule has 0 spiro atoms. The van der Waals surface area contributed by atoms with E-state index in [1.165, 1.54) is 20.3 Å². The molecule has 1 heterocycles. The van der Waals surface area contributed by atoms with Gasteiger partial charge in [-0.05, 0) is 43.4 Å². The van der Waals surface area contributed by atoms with Crippen LogP contribution in [0.3, 0.4) is 0 Å². The molecule has 3 rings (SSSR count). The summed E-state index contributed by atoms with van der Waals surface area (Å²) in [6.07, 6.45) is 0. The lowest BCUT2D eigenvalue weighted by molar-refractivity contribution is -0.136. The Morgan fingerprint density at radius 3 is 2.36 bits per heavy atom. The van der Waals surface area contributed by atoms with Crippen molar-refractivity contribution in [2.45, 2.75) is 13.0 Å². The van der Waals surface area contributed by atoms with E-state index in [0.29, 0.717) is 17.1 Å². The van der Waals surface area contributed by atoms with Crippen LogP contribution in [0.25, 0.3) is 0 Å². The van der Waals surface area contributed by atoms with Crippen molar-refractivity contribution in [3.05, 3.63) is 70.9 Å². The molecule has 0 radical (unpaired) electrons. The van der Waals surface area contributed by atoms with Gasteiger partial charge in [0.15, 0.2) is 5.11 Å². The molecule has 0 amide bonds. The molecule has 0 saturated heterocycles. The molecule has 28 heavy (non-hydrogen) atoms. The maximum absolute atomic E-state index is 14.4. The van der Waals surface area contributed by atoms with E-state index in [0.717, 1.165) is 12.1 Å².